The number of aromatic hydroxyl groups is 1. The van der Waals surface area contributed by atoms with Crippen LogP contribution in [0.2, 0.25) is 5.02 Å². The number of amides is 2. The molecule has 0 fully saturated rings. The van der Waals surface area contributed by atoms with Crippen molar-refractivity contribution < 1.29 is 41.4 Å². The van der Waals surface area contributed by atoms with Crippen molar-refractivity contribution in [1.29, 1.82) is 0 Å². The smallest absolute Gasteiger partial charge is 0.265 e. The van der Waals surface area contributed by atoms with Crippen LogP contribution < -0.4 is 15.4 Å². The van der Waals surface area contributed by atoms with Crippen LogP contribution in [0.15, 0.2) is 30.3 Å². The lowest BCUT2D eigenvalue weighted by atomic mass is 10.1. The van der Waals surface area contributed by atoms with Crippen molar-refractivity contribution in [1.82, 2.24) is 0 Å². The fraction of sp³-hybridized carbons (Fsp3) is 0.167. The van der Waals surface area contributed by atoms with E-state index in [2.05, 4.69) is 5.32 Å². The summed E-state index contributed by atoms with van der Waals surface area (Å²) in [5.74, 6) is -14.4. The average molecular weight is 529 g/mol. The van der Waals surface area contributed by atoms with E-state index >= 15 is 0 Å². The Bertz CT molecular complexity index is 1350. The summed E-state index contributed by atoms with van der Waals surface area (Å²) in [6, 6.07) is 7.20. The molecule has 0 bridgehead atoms. The molecule has 3 rings (SSSR count). The lowest BCUT2D eigenvalue weighted by molar-refractivity contribution is -0.122. The number of carbonyl (C=O) groups excluding carboxylic acids is 2. The molecule has 0 radical (unpaired) electrons. The highest BCUT2D eigenvalue weighted by atomic mass is 35.5. The Morgan fingerprint density at radius 1 is 0.889 bits per heavy atom. The molecule has 3 aromatic carbocycles. The number of aryl methyl sites for hydroxylation is 2. The number of hydrogen-bond donors (Lipinski definition) is 3. The molecule has 3 aromatic rings. The van der Waals surface area contributed by atoms with Crippen LogP contribution in [0.1, 0.15) is 28.4 Å². The van der Waals surface area contributed by atoms with E-state index in [1.165, 1.54) is 6.92 Å². The summed E-state index contributed by atoms with van der Waals surface area (Å²) in [4.78, 5) is 24.8. The van der Waals surface area contributed by atoms with Crippen molar-refractivity contribution in [3.05, 3.63) is 81.1 Å². The van der Waals surface area contributed by atoms with E-state index in [4.69, 9.17) is 16.3 Å². The quantitative estimate of drug-likeness (QED) is 0.158. The van der Waals surface area contributed by atoms with Crippen LogP contribution in [0.4, 0.5) is 33.3 Å². The highest BCUT2D eigenvalue weighted by molar-refractivity contribution is 6.34. The Kier molecular flexibility index (Phi) is 7.73. The first-order chi connectivity index (χ1) is 16.8. The molecule has 3 N–H and O–H groups in total. The van der Waals surface area contributed by atoms with Crippen LogP contribution in [-0.4, -0.2) is 23.0 Å². The van der Waals surface area contributed by atoms with Gasteiger partial charge in [0, 0.05) is 6.07 Å². The standard InChI is InChI=1S/C24H18ClF5N2O4/c1-9-4-5-16(10(2)6-9)36-11(3)23(34)31-13-8-15(33)14(7-12(13)25)32-24(35)17-18(26)20(28)22(30)21(29)19(17)27/h4-8,11,33H,1-3H3,(H,31,34)(H,32,35). The summed E-state index contributed by atoms with van der Waals surface area (Å²) < 4.78 is 73.4. The van der Waals surface area contributed by atoms with Gasteiger partial charge in [0.1, 0.15) is 17.1 Å². The first-order valence-corrected chi connectivity index (χ1v) is 10.6. The fourth-order valence-electron chi connectivity index (χ4n) is 3.16. The van der Waals surface area contributed by atoms with Gasteiger partial charge in [-0.25, -0.2) is 22.0 Å². The second-order valence-corrected chi connectivity index (χ2v) is 8.17. The summed E-state index contributed by atoms with van der Waals surface area (Å²) in [6.45, 7) is 5.18. The number of nitrogens with one attached hydrogen (secondary N) is 2. The van der Waals surface area contributed by atoms with Gasteiger partial charge in [-0.05, 0) is 38.5 Å². The van der Waals surface area contributed by atoms with E-state index in [-0.39, 0.29) is 10.7 Å². The number of anilines is 2. The topological polar surface area (TPSA) is 87.7 Å². The molecular weight excluding hydrogens is 511 g/mol. The second-order valence-electron chi connectivity index (χ2n) is 7.77. The molecule has 0 saturated carbocycles. The average Bonchev–Trinajstić information content (AvgIpc) is 2.81. The Hall–Kier alpha value is -3.86. The van der Waals surface area contributed by atoms with E-state index in [0.29, 0.717) is 5.75 Å². The van der Waals surface area contributed by atoms with E-state index in [9.17, 15) is 36.6 Å². The minimum Gasteiger partial charge on any atom is -0.506 e. The Balaban J connectivity index is 1.78. The van der Waals surface area contributed by atoms with Crippen LogP contribution in [0.3, 0.4) is 0 Å². The van der Waals surface area contributed by atoms with Crippen LogP contribution in [0.25, 0.3) is 0 Å². The number of halogens is 6. The zero-order valence-electron chi connectivity index (χ0n) is 18.9. The van der Waals surface area contributed by atoms with Crippen LogP contribution >= 0.6 is 11.6 Å². The molecule has 0 aromatic heterocycles. The number of ether oxygens (including phenoxy) is 1. The summed E-state index contributed by atoms with van der Waals surface area (Å²) in [6.07, 6.45) is -0.988. The SMILES string of the molecule is Cc1ccc(OC(C)C(=O)Nc2cc(O)c(NC(=O)c3c(F)c(F)c(F)c(F)c3F)cc2Cl)c(C)c1. The minimum absolute atomic E-state index is 0.107. The first kappa shape index (κ1) is 26.7. The van der Waals surface area contributed by atoms with E-state index in [1.54, 1.807) is 19.1 Å². The molecule has 0 aliphatic heterocycles. The summed E-state index contributed by atoms with van der Waals surface area (Å²) in [5, 5.41) is 14.2. The van der Waals surface area contributed by atoms with Crippen LogP contribution in [0.5, 0.6) is 11.5 Å². The zero-order valence-corrected chi connectivity index (χ0v) is 19.7. The zero-order chi connectivity index (χ0) is 26.9. The van der Waals surface area contributed by atoms with Crippen molar-refractivity contribution >= 4 is 34.8 Å². The van der Waals surface area contributed by atoms with Crippen molar-refractivity contribution in [3.63, 3.8) is 0 Å². The van der Waals surface area contributed by atoms with E-state index < -0.39 is 64.0 Å². The number of hydrogen-bond acceptors (Lipinski definition) is 4. The third-order valence-corrected chi connectivity index (χ3v) is 5.34. The third-order valence-electron chi connectivity index (χ3n) is 5.03. The van der Waals surface area contributed by atoms with Gasteiger partial charge in [-0.2, -0.15) is 0 Å². The van der Waals surface area contributed by atoms with E-state index in [0.717, 1.165) is 23.3 Å². The lowest BCUT2D eigenvalue weighted by Crippen LogP contribution is -2.30. The summed E-state index contributed by atoms with van der Waals surface area (Å²) in [7, 11) is 0. The highest BCUT2D eigenvalue weighted by Gasteiger charge is 2.30. The lowest BCUT2D eigenvalue weighted by Gasteiger charge is -2.18. The molecular formula is C24H18ClF5N2O4. The van der Waals surface area contributed by atoms with Gasteiger partial charge in [0.2, 0.25) is 5.82 Å². The van der Waals surface area contributed by atoms with Gasteiger partial charge >= 0.3 is 0 Å². The first-order valence-electron chi connectivity index (χ1n) is 10.2. The molecule has 0 heterocycles. The minimum atomic E-state index is -2.43. The highest BCUT2D eigenvalue weighted by Crippen LogP contribution is 2.35. The number of rotatable bonds is 6. The third kappa shape index (κ3) is 5.35. The molecule has 1 unspecified atom stereocenters. The summed E-state index contributed by atoms with van der Waals surface area (Å²) >= 11 is 6.08. The molecule has 190 valence electrons. The van der Waals surface area contributed by atoms with Crippen molar-refractivity contribution in [3.8, 4) is 11.5 Å². The maximum Gasteiger partial charge on any atom is 0.265 e. The van der Waals surface area contributed by atoms with Gasteiger partial charge in [0.25, 0.3) is 11.8 Å². The Morgan fingerprint density at radius 2 is 1.47 bits per heavy atom. The number of benzene rings is 3. The molecule has 6 nitrogen and oxygen atoms in total. The van der Waals surface area contributed by atoms with Crippen molar-refractivity contribution in [2.75, 3.05) is 10.6 Å². The normalized spacial score (nSPS) is 11.7. The van der Waals surface area contributed by atoms with Gasteiger partial charge in [0.05, 0.1) is 16.4 Å². The monoisotopic (exact) mass is 528 g/mol. The van der Waals surface area contributed by atoms with Crippen molar-refractivity contribution in [2.24, 2.45) is 0 Å². The number of carbonyl (C=O) groups is 2. The molecule has 0 spiro atoms. The second kappa shape index (κ2) is 10.4. The predicted molar refractivity (Wildman–Crippen MR) is 122 cm³/mol. The fourth-order valence-corrected chi connectivity index (χ4v) is 3.37. The van der Waals surface area contributed by atoms with Gasteiger partial charge in [-0.15, -0.1) is 0 Å². The number of phenolic OH excluding ortho intramolecular Hbond substituents is 1. The molecule has 12 heteroatoms. The van der Waals surface area contributed by atoms with E-state index in [1.807, 2.05) is 18.3 Å². The van der Waals surface area contributed by atoms with Crippen LogP contribution in [-0.2, 0) is 4.79 Å². The van der Waals surface area contributed by atoms with Gasteiger partial charge in [-0.1, -0.05) is 29.3 Å². The van der Waals surface area contributed by atoms with Gasteiger partial charge in [0.15, 0.2) is 29.4 Å². The molecule has 0 saturated heterocycles. The van der Waals surface area contributed by atoms with Crippen LogP contribution in [0, 0.1) is 42.9 Å². The summed E-state index contributed by atoms with van der Waals surface area (Å²) in [5.41, 5.74) is -0.571. The Morgan fingerprint density at radius 3 is 2.06 bits per heavy atom. The molecule has 36 heavy (non-hydrogen) atoms. The number of phenols is 1. The largest absolute Gasteiger partial charge is 0.506 e. The molecule has 0 aliphatic rings. The molecule has 2 amide bonds. The maximum absolute atomic E-state index is 13.9. The predicted octanol–water partition coefficient (Wildman–Crippen LogP) is 6.02. The Labute approximate surface area is 206 Å². The van der Waals surface area contributed by atoms with Gasteiger partial charge < -0.3 is 20.5 Å². The van der Waals surface area contributed by atoms with Crippen molar-refractivity contribution in [2.45, 2.75) is 26.9 Å². The van der Waals surface area contributed by atoms with Gasteiger partial charge in [-0.3, -0.25) is 9.59 Å². The maximum atomic E-state index is 13.9. The molecule has 0 aliphatic carbocycles. The molecule has 1 atom stereocenters.